The summed E-state index contributed by atoms with van der Waals surface area (Å²) in [6.07, 6.45) is 0. The first-order valence-corrected chi connectivity index (χ1v) is 5.83. The zero-order valence-corrected chi connectivity index (χ0v) is 10.5. The highest BCUT2D eigenvalue weighted by atomic mass is 35.5. The summed E-state index contributed by atoms with van der Waals surface area (Å²) in [5.74, 6) is -0.813. The molecule has 15 heavy (non-hydrogen) atoms. The molecule has 1 heterocycles. The maximum Gasteiger partial charge on any atom is 0.320 e. The molecule has 0 fully saturated rings. The number of aliphatic carboxylic acids is 1. The van der Waals surface area contributed by atoms with Crippen LogP contribution in [0.1, 0.15) is 24.8 Å². The molecule has 1 aromatic rings. The Balaban J connectivity index is 2.76. The summed E-state index contributed by atoms with van der Waals surface area (Å²) >= 11 is 7.32. The van der Waals surface area contributed by atoms with Gasteiger partial charge in [0.05, 0.1) is 4.34 Å². The molecule has 5 heteroatoms. The molecular formula is C10H14ClNO2S. The first-order valence-electron chi connectivity index (χ1n) is 4.63. The van der Waals surface area contributed by atoms with Gasteiger partial charge in [0, 0.05) is 10.9 Å². The van der Waals surface area contributed by atoms with E-state index >= 15 is 0 Å². The van der Waals surface area contributed by atoms with E-state index in [1.807, 2.05) is 24.0 Å². The number of carboxylic acids is 1. The van der Waals surface area contributed by atoms with E-state index in [-0.39, 0.29) is 6.04 Å². The Bertz CT molecular complexity index is 353. The third-order valence-corrected chi connectivity index (χ3v) is 3.99. The number of carbonyl (C=O) groups is 1. The molecule has 0 saturated heterocycles. The number of rotatable bonds is 4. The van der Waals surface area contributed by atoms with Gasteiger partial charge in [0.25, 0.3) is 0 Å². The van der Waals surface area contributed by atoms with E-state index in [9.17, 15) is 4.79 Å². The lowest BCUT2D eigenvalue weighted by molar-refractivity contribution is -0.142. The van der Waals surface area contributed by atoms with Crippen molar-refractivity contribution < 1.29 is 9.90 Å². The average Bonchev–Trinajstić information content (AvgIpc) is 2.61. The third kappa shape index (κ3) is 2.93. The fourth-order valence-corrected chi connectivity index (χ4v) is 2.43. The van der Waals surface area contributed by atoms with Gasteiger partial charge in [-0.2, -0.15) is 0 Å². The molecule has 0 aliphatic carbocycles. The molecule has 0 radical (unpaired) electrons. The molecule has 1 aromatic heterocycles. The highest BCUT2D eigenvalue weighted by Gasteiger charge is 2.23. The summed E-state index contributed by atoms with van der Waals surface area (Å²) in [7, 11) is 1.80. The smallest absolute Gasteiger partial charge is 0.320 e. The monoisotopic (exact) mass is 247 g/mol. The fraction of sp³-hybridized carbons (Fsp3) is 0.500. The Labute approximate surface area is 98.3 Å². The number of likely N-dealkylation sites (N-methyl/N-ethyl adjacent to an activating group) is 1. The number of nitrogens with zero attached hydrogens (tertiary/aromatic N) is 1. The van der Waals surface area contributed by atoms with Crippen molar-refractivity contribution in [1.82, 2.24) is 4.90 Å². The van der Waals surface area contributed by atoms with Gasteiger partial charge in [0.1, 0.15) is 6.04 Å². The number of halogens is 1. The van der Waals surface area contributed by atoms with Crippen LogP contribution in [0.25, 0.3) is 0 Å². The van der Waals surface area contributed by atoms with Crippen LogP contribution in [0.4, 0.5) is 0 Å². The van der Waals surface area contributed by atoms with Crippen molar-refractivity contribution in [1.29, 1.82) is 0 Å². The Morgan fingerprint density at radius 1 is 1.53 bits per heavy atom. The van der Waals surface area contributed by atoms with E-state index in [0.29, 0.717) is 0 Å². The lowest BCUT2D eigenvalue weighted by Crippen LogP contribution is -2.37. The van der Waals surface area contributed by atoms with Gasteiger partial charge in [-0.3, -0.25) is 9.69 Å². The summed E-state index contributed by atoms with van der Waals surface area (Å²) in [5.41, 5.74) is 0. The van der Waals surface area contributed by atoms with E-state index in [0.717, 1.165) is 9.21 Å². The summed E-state index contributed by atoms with van der Waals surface area (Å²) < 4.78 is 0.730. The van der Waals surface area contributed by atoms with E-state index in [4.69, 9.17) is 16.7 Å². The van der Waals surface area contributed by atoms with Crippen molar-refractivity contribution in [3.63, 3.8) is 0 Å². The van der Waals surface area contributed by atoms with Crippen LogP contribution >= 0.6 is 22.9 Å². The maximum atomic E-state index is 10.8. The molecule has 1 N–H and O–H groups in total. The zero-order valence-electron chi connectivity index (χ0n) is 8.90. The highest BCUT2D eigenvalue weighted by Crippen LogP contribution is 2.30. The van der Waals surface area contributed by atoms with Gasteiger partial charge in [0.15, 0.2) is 0 Å². The molecule has 0 saturated carbocycles. The molecule has 3 nitrogen and oxygen atoms in total. The van der Waals surface area contributed by atoms with Gasteiger partial charge < -0.3 is 5.11 Å². The van der Waals surface area contributed by atoms with E-state index < -0.39 is 12.0 Å². The first-order chi connectivity index (χ1) is 6.93. The second kappa shape index (κ2) is 4.96. The molecule has 0 aliphatic rings. The fourth-order valence-electron chi connectivity index (χ4n) is 1.26. The number of thiophene rings is 1. The lowest BCUT2D eigenvalue weighted by Gasteiger charge is -2.27. The minimum atomic E-state index is -0.813. The lowest BCUT2D eigenvalue weighted by atomic mass is 10.2. The van der Waals surface area contributed by atoms with E-state index in [1.165, 1.54) is 11.3 Å². The molecule has 2 atom stereocenters. The molecule has 2 unspecified atom stereocenters. The number of hydrogen-bond acceptors (Lipinski definition) is 3. The summed E-state index contributed by atoms with van der Waals surface area (Å²) in [5, 5.41) is 8.89. The Hall–Kier alpha value is -0.580. The molecular weight excluding hydrogens is 234 g/mol. The van der Waals surface area contributed by atoms with Crippen LogP contribution in [-0.4, -0.2) is 29.1 Å². The Kier molecular flexibility index (Phi) is 4.13. The van der Waals surface area contributed by atoms with Crippen LogP contribution in [0, 0.1) is 0 Å². The molecule has 1 rings (SSSR count). The van der Waals surface area contributed by atoms with Crippen molar-refractivity contribution in [2.45, 2.75) is 25.9 Å². The molecule has 84 valence electrons. The molecule has 0 amide bonds. The van der Waals surface area contributed by atoms with E-state index in [2.05, 4.69) is 0 Å². The van der Waals surface area contributed by atoms with Gasteiger partial charge in [-0.25, -0.2) is 0 Å². The van der Waals surface area contributed by atoms with Crippen LogP contribution < -0.4 is 0 Å². The molecule has 0 spiro atoms. The SMILES string of the molecule is CC(C(=O)O)N(C)C(C)c1ccc(Cl)s1. The van der Waals surface area contributed by atoms with Gasteiger partial charge in [0.2, 0.25) is 0 Å². The zero-order chi connectivity index (χ0) is 11.6. The first kappa shape index (κ1) is 12.5. The standard InChI is InChI=1S/C10H14ClNO2S/c1-6(8-4-5-9(11)15-8)12(3)7(2)10(13)14/h4-7H,1-3H3,(H,13,14). The maximum absolute atomic E-state index is 10.8. The van der Waals surface area contributed by atoms with Crippen molar-refractivity contribution in [3.05, 3.63) is 21.3 Å². The van der Waals surface area contributed by atoms with Crippen molar-refractivity contribution >= 4 is 28.9 Å². The predicted molar refractivity (Wildman–Crippen MR) is 62.6 cm³/mol. The largest absolute Gasteiger partial charge is 0.480 e. The Morgan fingerprint density at radius 2 is 2.13 bits per heavy atom. The second-order valence-corrected chi connectivity index (χ2v) is 5.24. The summed E-state index contributed by atoms with van der Waals surface area (Å²) in [6, 6.07) is 3.33. The average molecular weight is 248 g/mol. The third-order valence-electron chi connectivity index (χ3n) is 2.58. The summed E-state index contributed by atoms with van der Waals surface area (Å²) in [6.45, 7) is 3.65. The van der Waals surface area contributed by atoms with Crippen molar-refractivity contribution in [3.8, 4) is 0 Å². The summed E-state index contributed by atoms with van der Waals surface area (Å²) in [4.78, 5) is 13.7. The van der Waals surface area contributed by atoms with Crippen molar-refractivity contribution in [2.75, 3.05) is 7.05 Å². The predicted octanol–water partition coefficient (Wildman–Crippen LogP) is 2.87. The molecule has 0 bridgehead atoms. The minimum Gasteiger partial charge on any atom is -0.480 e. The van der Waals surface area contributed by atoms with Crippen LogP contribution in [0.5, 0.6) is 0 Å². The Morgan fingerprint density at radius 3 is 2.53 bits per heavy atom. The molecule has 0 aromatic carbocycles. The van der Waals surface area contributed by atoms with Crippen LogP contribution in [0.3, 0.4) is 0 Å². The highest BCUT2D eigenvalue weighted by molar-refractivity contribution is 7.16. The van der Waals surface area contributed by atoms with Gasteiger partial charge in [-0.1, -0.05) is 11.6 Å². The van der Waals surface area contributed by atoms with Crippen molar-refractivity contribution in [2.24, 2.45) is 0 Å². The second-order valence-electron chi connectivity index (χ2n) is 3.50. The quantitative estimate of drug-likeness (QED) is 0.890. The normalized spacial score (nSPS) is 15.3. The van der Waals surface area contributed by atoms with E-state index in [1.54, 1.807) is 14.0 Å². The van der Waals surface area contributed by atoms with Gasteiger partial charge in [-0.05, 0) is 33.0 Å². The minimum absolute atomic E-state index is 0.0635. The van der Waals surface area contributed by atoms with Gasteiger partial charge >= 0.3 is 5.97 Å². The van der Waals surface area contributed by atoms with Crippen LogP contribution in [0.2, 0.25) is 4.34 Å². The van der Waals surface area contributed by atoms with Crippen LogP contribution in [-0.2, 0) is 4.79 Å². The van der Waals surface area contributed by atoms with Gasteiger partial charge in [-0.15, -0.1) is 11.3 Å². The topological polar surface area (TPSA) is 40.5 Å². The van der Waals surface area contributed by atoms with Crippen LogP contribution in [0.15, 0.2) is 12.1 Å². The number of hydrogen-bond donors (Lipinski definition) is 1. The molecule has 0 aliphatic heterocycles. The number of carboxylic acid groups (broad SMARTS) is 1.